The lowest BCUT2D eigenvalue weighted by Gasteiger charge is -2.29. The molecule has 0 bridgehead atoms. The molecule has 4 atom stereocenters. The Labute approximate surface area is 247 Å². The highest BCUT2D eigenvalue weighted by Gasteiger charge is 2.61. The van der Waals surface area contributed by atoms with Crippen molar-refractivity contribution in [3.8, 4) is 0 Å². The van der Waals surface area contributed by atoms with Crippen molar-refractivity contribution in [1.29, 1.82) is 0 Å². The van der Waals surface area contributed by atoms with Crippen LogP contribution in [0.4, 0.5) is 4.79 Å². The van der Waals surface area contributed by atoms with E-state index in [9.17, 15) is 19.2 Å². The standard InChI is InChI=1S/C30H43ClN4O6/c1-8-19-13-30(19,26(38)33-41-29(5,6)7)32-25(37)23-12-20(16-35(23)24(36)14-28(2,3)4)40-27(39)34-15-18-10-9-11-22(31)21(18)17-34/h9-11,19-20,23H,8,12-17H2,1-7H3,(H,32,37)(H,33,38)/t19-,20-,23+,30-/m1/s1. The van der Waals surface area contributed by atoms with Gasteiger partial charge in [-0.3, -0.25) is 24.1 Å². The number of hydrogen-bond donors (Lipinski definition) is 2. The molecule has 0 aromatic heterocycles. The highest BCUT2D eigenvalue weighted by atomic mass is 35.5. The maximum atomic E-state index is 13.7. The van der Waals surface area contributed by atoms with Gasteiger partial charge in [0.15, 0.2) is 0 Å². The average Bonchev–Trinajstić information content (AvgIpc) is 3.19. The molecule has 0 radical (unpaired) electrons. The summed E-state index contributed by atoms with van der Waals surface area (Å²) < 4.78 is 5.84. The molecule has 1 aromatic carbocycles. The van der Waals surface area contributed by atoms with Gasteiger partial charge in [-0.1, -0.05) is 57.8 Å². The first-order valence-electron chi connectivity index (χ1n) is 14.3. The number of halogens is 1. The van der Waals surface area contributed by atoms with Gasteiger partial charge in [-0.25, -0.2) is 10.3 Å². The summed E-state index contributed by atoms with van der Waals surface area (Å²) in [5.41, 5.74) is 2.36. The third-order valence-electron chi connectivity index (χ3n) is 7.82. The first kappa shape index (κ1) is 31.1. The monoisotopic (exact) mass is 590 g/mol. The predicted molar refractivity (Wildman–Crippen MR) is 153 cm³/mol. The number of ether oxygens (including phenoxy) is 1. The third-order valence-corrected chi connectivity index (χ3v) is 8.17. The fraction of sp³-hybridized carbons (Fsp3) is 0.667. The van der Waals surface area contributed by atoms with Gasteiger partial charge in [-0.05, 0) is 55.7 Å². The Balaban J connectivity index is 1.47. The van der Waals surface area contributed by atoms with Gasteiger partial charge in [-0.15, -0.1) is 0 Å². The van der Waals surface area contributed by atoms with Crippen LogP contribution in [0.15, 0.2) is 18.2 Å². The van der Waals surface area contributed by atoms with Crippen LogP contribution in [0.5, 0.6) is 0 Å². The highest BCUT2D eigenvalue weighted by molar-refractivity contribution is 6.31. The number of carbonyl (C=O) groups excluding carboxylic acids is 4. The van der Waals surface area contributed by atoms with Crippen molar-refractivity contribution >= 4 is 35.4 Å². The average molecular weight is 591 g/mol. The maximum absolute atomic E-state index is 13.7. The lowest BCUT2D eigenvalue weighted by molar-refractivity contribution is -0.151. The molecule has 2 heterocycles. The van der Waals surface area contributed by atoms with E-state index >= 15 is 0 Å². The van der Waals surface area contributed by atoms with Gasteiger partial charge >= 0.3 is 6.09 Å². The maximum Gasteiger partial charge on any atom is 0.410 e. The number of hydrogen-bond acceptors (Lipinski definition) is 6. The second-order valence-corrected chi connectivity index (χ2v) is 14.1. The van der Waals surface area contributed by atoms with Crippen LogP contribution in [0, 0.1) is 11.3 Å². The second kappa shape index (κ2) is 11.4. The Morgan fingerprint density at radius 1 is 1.10 bits per heavy atom. The number of amides is 4. The topological polar surface area (TPSA) is 117 Å². The fourth-order valence-corrected chi connectivity index (χ4v) is 5.85. The van der Waals surface area contributed by atoms with Crippen LogP contribution < -0.4 is 10.8 Å². The minimum absolute atomic E-state index is 0.0487. The summed E-state index contributed by atoms with van der Waals surface area (Å²) in [6, 6.07) is 4.69. The second-order valence-electron chi connectivity index (χ2n) is 13.7. The molecule has 226 valence electrons. The Morgan fingerprint density at radius 2 is 1.80 bits per heavy atom. The third kappa shape index (κ3) is 7.15. The molecule has 4 rings (SSSR count). The van der Waals surface area contributed by atoms with Crippen molar-refractivity contribution in [2.45, 2.75) is 111 Å². The highest BCUT2D eigenvalue weighted by Crippen LogP contribution is 2.46. The zero-order valence-electron chi connectivity index (χ0n) is 25.1. The van der Waals surface area contributed by atoms with Crippen LogP contribution in [0.2, 0.25) is 5.02 Å². The normalized spacial score (nSPS) is 25.5. The van der Waals surface area contributed by atoms with E-state index in [4.69, 9.17) is 21.2 Å². The number of carbonyl (C=O) groups is 4. The molecule has 4 amide bonds. The first-order valence-corrected chi connectivity index (χ1v) is 14.7. The molecule has 0 spiro atoms. The summed E-state index contributed by atoms with van der Waals surface area (Å²) in [6.07, 6.45) is 0.352. The summed E-state index contributed by atoms with van der Waals surface area (Å²) in [5.74, 6) is -1.09. The number of fused-ring (bicyclic) bond motifs is 1. The molecule has 1 saturated carbocycles. The van der Waals surface area contributed by atoms with Crippen molar-refractivity contribution in [3.63, 3.8) is 0 Å². The van der Waals surface area contributed by atoms with E-state index in [2.05, 4.69) is 10.8 Å². The molecule has 10 nitrogen and oxygen atoms in total. The molecule has 3 aliphatic rings. The van der Waals surface area contributed by atoms with Crippen LogP contribution in [-0.2, 0) is 37.0 Å². The lowest BCUT2D eigenvalue weighted by Crippen LogP contribution is -2.56. The summed E-state index contributed by atoms with van der Waals surface area (Å²) in [6.45, 7) is 14.1. The fourth-order valence-electron chi connectivity index (χ4n) is 5.59. The van der Waals surface area contributed by atoms with Crippen molar-refractivity contribution in [2.75, 3.05) is 6.54 Å². The SMILES string of the molecule is CC[C@@H]1C[C@]1(NC(=O)[C@@H]1C[C@@H](OC(=O)N2Cc3cccc(Cl)c3C2)CN1C(=O)CC(C)(C)C)C(=O)NOC(C)(C)C. The van der Waals surface area contributed by atoms with E-state index in [1.807, 2.05) is 60.6 Å². The number of hydroxylamine groups is 1. The van der Waals surface area contributed by atoms with Crippen LogP contribution in [0.25, 0.3) is 0 Å². The largest absolute Gasteiger partial charge is 0.444 e. The molecule has 2 N–H and O–H groups in total. The van der Waals surface area contributed by atoms with Crippen molar-refractivity contribution in [2.24, 2.45) is 11.3 Å². The predicted octanol–water partition coefficient (Wildman–Crippen LogP) is 4.33. The Kier molecular flexibility index (Phi) is 8.67. The van der Waals surface area contributed by atoms with Gasteiger partial charge in [0.05, 0.1) is 18.7 Å². The van der Waals surface area contributed by atoms with Gasteiger partial charge in [0, 0.05) is 24.4 Å². The van der Waals surface area contributed by atoms with E-state index in [1.54, 1.807) is 11.0 Å². The quantitative estimate of drug-likeness (QED) is 0.457. The van der Waals surface area contributed by atoms with Crippen molar-refractivity contribution < 1.29 is 28.8 Å². The molecule has 2 fully saturated rings. The molecule has 2 aliphatic heterocycles. The van der Waals surface area contributed by atoms with Gasteiger partial charge in [0.2, 0.25) is 11.8 Å². The molecule has 11 heteroatoms. The summed E-state index contributed by atoms with van der Waals surface area (Å²) >= 11 is 6.31. The molecule has 1 aliphatic carbocycles. The van der Waals surface area contributed by atoms with Crippen molar-refractivity contribution in [3.05, 3.63) is 34.3 Å². The van der Waals surface area contributed by atoms with Crippen LogP contribution in [0.3, 0.4) is 0 Å². The summed E-state index contributed by atoms with van der Waals surface area (Å²) in [7, 11) is 0. The number of benzene rings is 1. The minimum atomic E-state index is -1.11. The van der Waals surface area contributed by atoms with Gasteiger partial charge < -0.3 is 15.0 Å². The van der Waals surface area contributed by atoms with E-state index in [-0.39, 0.29) is 36.6 Å². The molecule has 1 aromatic rings. The van der Waals surface area contributed by atoms with E-state index in [0.29, 0.717) is 31.0 Å². The van der Waals surface area contributed by atoms with E-state index in [0.717, 1.165) is 11.1 Å². The smallest absolute Gasteiger partial charge is 0.410 e. The zero-order valence-corrected chi connectivity index (χ0v) is 25.9. The van der Waals surface area contributed by atoms with Crippen molar-refractivity contribution in [1.82, 2.24) is 20.6 Å². The number of likely N-dealkylation sites (tertiary alicyclic amines) is 1. The number of nitrogens with zero attached hydrogens (tertiary/aromatic N) is 2. The van der Waals surface area contributed by atoms with E-state index < -0.39 is 41.2 Å². The van der Waals surface area contributed by atoms with Crippen LogP contribution in [0.1, 0.15) is 85.3 Å². The Hall–Kier alpha value is -2.85. The van der Waals surface area contributed by atoms with E-state index in [1.165, 1.54) is 4.90 Å². The summed E-state index contributed by atoms with van der Waals surface area (Å²) in [5, 5.41) is 3.55. The zero-order chi connectivity index (χ0) is 30.3. The van der Waals surface area contributed by atoms with Crippen LogP contribution >= 0.6 is 11.6 Å². The lowest BCUT2D eigenvalue weighted by atomic mass is 9.91. The summed E-state index contributed by atoms with van der Waals surface area (Å²) in [4.78, 5) is 61.9. The molecular weight excluding hydrogens is 548 g/mol. The Bertz CT molecular complexity index is 1210. The molecular formula is C30H43ClN4O6. The number of nitrogens with one attached hydrogen (secondary N) is 2. The van der Waals surface area contributed by atoms with Gasteiger partial charge in [-0.2, -0.15) is 0 Å². The molecule has 1 saturated heterocycles. The minimum Gasteiger partial charge on any atom is -0.444 e. The van der Waals surface area contributed by atoms with Crippen LogP contribution in [-0.4, -0.2) is 63.4 Å². The first-order chi connectivity index (χ1) is 19.0. The number of rotatable bonds is 7. The van der Waals surface area contributed by atoms with Gasteiger partial charge in [0.25, 0.3) is 5.91 Å². The molecule has 41 heavy (non-hydrogen) atoms. The van der Waals surface area contributed by atoms with Gasteiger partial charge in [0.1, 0.15) is 17.7 Å². The Morgan fingerprint density at radius 3 is 2.39 bits per heavy atom. The molecule has 0 unspecified atom stereocenters.